The van der Waals surface area contributed by atoms with Crippen molar-refractivity contribution in [1.29, 1.82) is 0 Å². The molecule has 10 heteroatoms. The highest BCUT2D eigenvalue weighted by Crippen LogP contribution is 2.53. The van der Waals surface area contributed by atoms with Crippen molar-refractivity contribution in [1.82, 2.24) is 20.3 Å². The minimum atomic E-state index is -1.21. The number of rotatable bonds is 2. The van der Waals surface area contributed by atoms with Crippen LogP contribution in [0.5, 0.6) is 17.2 Å². The Hall–Kier alpha value is -3.63. The van der Waals surface area contributed by atoms with Crippen molar-refractivity contribution in [3.8, 4) is 28.5 Å². The number of fused-ring (bicyclic) bond motifs is 4. The van der Waals surface area contributed by atoms with Crippen molar-refractivity contribution >= 4 is 5.91 Å². The van der Waals surface area contributed by atoms with E-state index in [1.165, 1.54) is 0 Å². The Balaban J connectivity index is 1.57. The van der Waals surface area contributed by atoms with E-state index < -0.39 is 42.0 Å². The molecule has 3 heterocycles. The van der Waals surface area contributed by atoms with E-state index in [1.807, 2.05) is 30.3 Å². The number of ether oxygens (including phenoxy) is 2. The number of phenolic OH excluding ortho intramolecular Hbond substituents is 1. The van der Waals surface area contributed by atoms with Crippen LogP contribution in [0.1, 0.15) is 34.8 Å². The minimum Gasteiger partial charge on any atom is -0.504 e. The van der Waals surface area contributed by atoms with Crippen LogP contribution in [0.4, 0.5) is 0 Å². The first-order valence-electron chi connectivity index (χ1n) is 10.8. The van der Waals surface area contributed by atoms with Crippen molar-refractivity contribution in [2.45, 2.75) is 37.1 Å². The molecule has 1 aromatic heterocycles. The Labute approximate surface area is 188 Å². The van der Waals surface area contributed by atoms with Crippen molar-refractivity contribution in [2.24, 2.45) is 5.92 Å². The van der Waals surface area contributed by atoms with Crippen LogP contribution in [0.2, 0.25) is 0 Å². The number of hydrogen-bond acceptors (Lipinski definition) is 8. The van der Waals surface area contributed by atoms with Gasteiger partial charge in [0.25, 0.3) is 5.91 Å². The maximum absolute atomic E-state index is 13.0. The fourth-order valence-corrected chi connectivity index (χ4v) is 5.42. The molecular weight excluding hydrogens is 428 g/mol. The smallest absolute Gasteiger partial charge is 0.255 e. The number of aliphatic hydroxyl groups excluding tert-OH is 2. The Morgan fingerprint density at radius 2 is 1.94 bits per heavy atom. The van der Waals surface area contributed by atoms with Crippen LogP contribution in [0.25, 0.3) is 11.3 Å². The lowest BCUT2D eigenvalue weighted by molar-refractivity contribution is -0.0907. The van der Waals surface area contributed by atoms with Gasteiger partial charge in [0.1, 0.15) is 6.10 Å². The summed E-state index contributed by atoms with van der Waals surface area (Å²) in [5, 5.41) is 44.3. The van der Waals surface area contributed by atoms with E-state index in [-0.39, 0.29) is 23.9 Å². The van der Waals surface area contributed by atoms with Crippen molar-refractivity contribution in [2.75, 3.05) is 6.79 Å². The summed E-state index contributed by atoms with van der Waals surface area (Å²) in [6, 6.07) is 9.85. The van der Waals surface area contributed by atoms with Gasteiger partial charge in [0, 0.05) is 23.4 Å². The molecule has 33 heavy (non-hydrogen) atoms. The molecule has 6 rings (SSSR count). The number of aromatic hydroxyl groups is 1. The maximum Gasteiger partial charge on any atom is 0.255 e. The number of aliphatic hydroxyl groups is 2. The van der Waals surface area contributed by atoms with Gasteiger partial charge in [0.2, 0.25) is 12.5 Å². The molecule has 0 bridgehead atoms. The van der Waals surface area contributed by atoms with Crippen LogP contribution in [0.3, 0.4) is 0 Å². The van der Waals surface area contributed by atoms with Crippen LogP contribution in [0.15, 0.2) is 42.6 Å². The van der Waals surface area contributed by atoms with E-state index in [4.69, 9.17) is 9.47 Å². The molecule has 2 aliphatic heterocycles. The molecule has 1 aliphatic carbocycles. The molecule has 3 aromatic rings. The van der Waals surface area contributed by atoms with E-state index in [9.17, 15) is 20.1 Å². The van der Waals surface area contributed by atoms with E-state index in [0.717, 1.165) is 5.56 Å². The van der Waals surface area contributed by atoms with Gasteiger partial charge in [0.15, 0.2) is 11.5 Å². The summed E-state index contributed by atoms with van der Waals surface area (Å²) >= 11 is 0. The highest BCUT2D eigenvalue weighted by Gasteiger charge is 2.54. The fourth-order valence-electron chi connectivity index (χ4n) is 5.42. The van der Waals surface area contributed by atoms with Crippen LogP contribution < -0.4 is 14.8 Å². The molecule has 0 unspecified atom stereocenters. The van der Waals surface area contributed by atoms with Gasteiger partial charge in [0.05, 0.1) is 29.6 Å². The van der Waals surface area contributed by atoms with Gasteiger partial charge in [-0.1, -0.05) is 42.5 Å². The predicted molar refractivity (Wildman–Crippen MR) is 114 cm³/mol. The van der Waals surface area contributed by atoms with Gasteiger partial charge in [-0.25, -0.2) is 4.68 Å². The second-order valence-corrected chi connectivity index (χ2v) is 8.71. The van der Waals surface area contributed by atoms with E-state index in [2.05, 4.69) is 15.6 Å². The third-order valence-corrected chi connectivity index (χ3v) is 7.04. The third-order valence-electron chi connectivity index (χ3n) is 7.04. The summed E-state index contributed by atoms with van der Waals surface area (Å²) in [7, 11) is 0. The number of hydrogen-bond donors (Lipinski definition) is 4. The lowest BCUT2D eigenvalue weighted by atomic mass is 9.66. The highest BCUT2D eigenvalue weighted by atomic mass is 16.7. The van der Waals surface area contributed by atoms with Gasteiger partial charge in [-0.15, -0.1) is 5.10 Å². The number of nitrogens with one attached hydrogen (secondary N) is 1. The molecule has 10 nitrogen and oxygen atoms in total. The lowest BCUT2D eigenvalue weighted by Crippen LogP contribution is -2.61. The first kappa shape index (κ1) is 20.0. The SMILES string of the molecule is C[C@@H]1[C@H](O)[C@@H](O)[C@H](n2nncc2-c2ccccc2)[C@@H]2c3cc4c(c(O)c3C(=O)N[C@@H]12)OCO4. The van der Waals surface area contributed by atoms with Gasteiger partial charge in [-0.2, -0.15) is 0 Å². The number of carbonyl (C=O) groups is 1. The summed E-state index contributed by atoms with van der Waals surface area (Å²) in [5.41, 5.74) is 2.07. The molecule has 1 amide bonds. The Kier molecular flexibility index (Phi) is 4.36. The third kappa shape index (κ3) is 2.77. The molecule has 0 saturated heterocycles. The Morgan fingerprint density at radius 3 is 2.73 bits per heavy atom. The first-order chi connectivity index (χ1) is 16.0. The van der Waals surface area contributed by atoms with E-state index in [0.29, 0.717) is 17.0 Å². The Bertz CT molecular complexity index is 1250. The molecule has 0 radical (unpaired) electrons. The average Bonchev–Trinajstić information content (AvgIpc) is 3.49. The molecule has 1 saturated carbocycles. The minimum absolute atomic E-state index is 0.0656. The molecule has 6 atom stereocenters. The van der Waals surface area contributed by atoms with Crippen LogP contribution in [-0.4, -0.2) is 61.3 Å². The van der Waals surface area contributed by atoms with Gasteiger partial charge >= 0.3 is 0 Å². The molecule has 170 valence electrons. The summed E-state index contributed by atoms with van der Waals surface area (Å²) in [5.74, 6) is -1.32. The zero-order valence-electron chi connectivity index (χ0n) is 17.6. The van der Waals surface area contributed by atoms with Crippen molar-refractivity contribution in [3.63, 3.8) is 0 Å². The molecule has 1 fully saturated rings. The van der Waals surface area contributed by atoms with Crippen LogP contribution in [0, 0.1) is 5.92 Å². The summed E-state index contributed by atoms with van der Waals surface area (Å²) < 4.78 is 12.4. The number of carbonyl (C=O) groups excluding carboxylic acids is 1. The summed E-state index contributed by atoms with van der Waals surface area (Å²) in [6.45, 7) is 1.71. The first-order valence-corrected chi connectivity index (χ1v) is 10.8. The van der Waals surface area contributed by atoms with E-state index >= 15 is 0 Å². The second kappa shape index (κ2) is 7.19. The zero-order chi connectivity index (χ0) is 22.9. The van der Waals surface area contributed by atoms with Gasteiger partial charge in [-0.05, 0) is 11.6 Å². The number of amides is 1. The molecular formula is C23H22N4O6. The molecule has 0 spiro atoms. The van der Waals surface area contributed by atoms with Gasteiger partial charge < -0.3 is 30.1 Å². The molecule has 2 aromatic carbocycles. The zero-order valence-corrected chi connectivity index (χ0v) is 17.6. The van der Waals surface area contributed by atoms with E-state index in [1.54, 1.807) is 23.9 Å². The monoisotopic (exact) mass is 450 g/mol. The quantitative estimate of drug-likeness (QED) is 0.457. The summed E-state index contributed by atoms with van der Waals surface area (Å²) in [6.07, 6.45) is -0.727. The van der Waals surface area contributed by atoms with Gasteiger partial charge in [-0.3, -0.25) is 4.79 Å². The number of aromatic nitrogens is 3. The lowest BCUT2D eigenvalue weighted by Gasteiger charge is -2.50. The summed E-state index contributed by atoms with van der Waals surface area (Å²) in [4.78, 5) is 13.0. The van der Waals surface area contributed by atoms with Crippen LogP contribution >= 0.6 is 0 Å². The average molecular weight is 450 g/mol. The predicted octanol–water partition coefficient (Wildman–Crippen LogP) is 1.19. The normalized spacial score (nSPS) is 29.8. The Morgan fingerprint density at radius 1 is 1.15 bits per heavy atom. The topological polar surface area (TPSA) is 139 Å². The molecule has 4 N–H and O–H groups in total. The molecule has 3 aliphatic rings. The fraction of sp³-hybridized carbons (Fsp3) is 0.348. The largest absolute Gasteiger partial charge is 0.504 e. The number of benzene rings is 2. The second-order valence-electron chi connectivity index (χ2n) is 8.71. The number of nitrogens with zero attached hydrogens (tertiary/aromatic N) is 3. The highest BCUT2D eigenvalue weighted by molar-refractivity contribution is 6.01. The maximum atomic E-state index is 13.0. The van der Waals surface area contributed by atoms with Crippen molar-refractivity contribution < 1.29 is 29.6 Å². The van der Waals surface area contributed by atoms with Crippen LogP contribution in [-0.2, 0) is 0 Å². The van der Waals surface area contributed by atoms with Crippen molar-refractivity contribution in [3.05, 3.63) is 53.7 Å². The number of phenols is 1. The standard InChI is InChI=1S/C23H22N4O6/c1-10-17-15(12-7-14-22(33-9-32-14)20(29)16(12)23(31)25-17)18(21(30)19(10)28)27-13(8-24-26-27)11-5-3-2-4-6-11/h2-8,10,15,17-19,21,28-30H,9H2,1H3,(H,25,31)/t10-,15+,17-,18+,19-,21-/m0/s1.